The zero-order valence-electron chi connectivity index (χ0n) is 11.6. The van der Waals surface area contributed by atoms with Crippen LogP contribution in [0.15, 0.2) is 42.6 Å². The predicted octanol–water partition coefficient (Wildman–Crippen LogP) is 3.33. The molecular formula is C15H14ClN5. The summed E-state index contributed by atoms with van der Waals surface area (Å²) >= 11 is 6.05. The van der Waals surface area contributed by atoms with Gasteiger partial charge in [0.25, 0.3) is 0 Å². The predicted molar refractivity (Wildman–Crippen MR) is 81.4 cm³/mol. The molecule has 0 unspecified atom stereocenters. The van der Waals surface area contributed by atoms with Crippen molar-refractivity contribution in [1.29, 1.82) is 0 Å². The van der Waals surface area contributed by atoms with Gasteiger partial charge in [-0.1, -0.05) is 43.1 Å². The molecule has 0 bridgehead atoms. The molecule has 0 N–H and O–H groups in total. The van der Waals surface area contributed by atoms with Crippen LogP contribution in [0, 0.1) is 0 Å². The molecule has 0 fully saturated rings. The van der Waals surface area contributed by atoms with Gasteiger partial charge in [0, 0.05) is 5.69 Å². The van der Waals surface area contributed by atoms with Gasteiger partial charge in [0.05, 0.1) is 11.9 Å². The Bertz CT molecular complexity index is 739. The first-order valence-electron chi connectivity index (χ1n) is 6.78. The molecule has 5 nitrogen and oxygen atoms in total. The summed E-state index contributed by atoms with van der Waals surface area (Å²) < 4.78 is 0. The van der Waals surface area contributed by atoms with Gasteiger partial charge in [0.1, 0.15) is 5.15 Å². The third-order valence-electron chi connectivity index (χ3n) is 2.96. The topological polar surface area (TPSA) is 56.5 Å². The number of aromatic nitrogens is 5. The van der Waals surface area contributed by atoms with Crippen LogP contribution >= 0.6 is 11.6 Å². The van der Waals surface area contributed by atoms with Crippen LogP contribution in [0.2, 0.25) is 5.15 Å². The van der Waals surface area contributed by atoms with Crippen molar-refractivity contribution in [3.63, 3.8) is 0 Å². The fourth-order valence-electron chi connectivity index (χ4n) is 2.01. The summed E-state index contributed by atoms with van der Waals surface area (Å²) in [4.78, 5) is 10.3. The molecule has 2 aromatic heterocycles. The van der Waals surface area contributed by atoms with E-state index in [-0.39, 0.29) is 0 Å². The van der Waals surface area contributed by atoms with Crippen LogP contribution in [0.25, 0.3) is 17.2 Å². The van der Waals surface area contributed by atoms with E-state index in [1.165, 1.54) is 0 Å². The maximum Gasteiger partial charge on any atom is 0.183 e. The molecule has 0 saturated carbocycles. The van der Waals surface area contributed by atoms with Crippen LogP contribution in [0.4, 0.5) is 0 Å². The number of nitrogens with zero attached hydrogens (tertiary/aromatic N) is 5. The van der Waals surface area contributed by atoms with Gasteiger partial charge in [-0.2, -0.15) is 9.90 Å². The molecule has 0 saturated heterocycles. The molecule has 0 aliphatic heterocycles. The summed E-state index contributed by atoms with van der Waals surface area (Å²) in [5, 5.41) is 9.09. The van der Waals surface area contributed by atoms with Crippen molar-refractivity contribution in [2.75, 3.05) is 0 Å². The summed E-state index contributed by atoms with van der Waals surface area (Å²) in [5.41, 5.74) is 2.42. The maximum atomic E-state index is 6.05. The zero-order valence-corrected chi connectivity index (χ0v) is 12.3. The van der Waals surface area contributed by atoms with Crippen molar-refractivity contribution in [3.05, 3.63) is 53.4 Å². The standard InChI is InChI=1S/C15H14ClN5/c1-2-6-11-9-14(16)19-15(18-11)13-10-17-21(20-13)12-7-4-3-5-8-12/h3-5,7-10H,2,6H2,1H3. The summed E-state index contributed by atoms with van der Waals surface area (Å²) in [7, 11) is 0. The number of hydrogen-bond acceptors (Lipinski definition) is 4. The third kappa shape index (κ3) is 3.08. The van der Waals surface area contributed by atoms with Crippen molar-refractivity contribution >= 4 is 11.6 Å². The number of para-hydroxylation sites is 1. The first-order valence-corrected chi connectivity index (χ1v) is 7.15. The largest absolute Gasteiger partial charge is 0.232 e. The fraction of sp³-hybridized carbons (Fsp3) is 0.200. The Morgan fingerprint density at radius 2 is 1.95 bits per heavy atom. The van der Waals surface area contributed by atoms with E-state index in [1.54, 1.807) is 17.1 Å². The molecule has 6 heteroatoms. The van der Waals surface area contributed by atoms with Crippen molar-refractivity contribution in [2.45, 2.75) is 19.8 Å². The Kier molecular flexibility index (Phi) is 3.92. The quantitative estimate of drug-likeness (QED) is 0.693. The molecular weight excluding hydrogens is 286 g/mol. The first-order chi connectivity index (χ1) is 10.3. The van der Waals surface area contributed by atoms with Gasteiger partial charge in [-0.25, -0.2) is 9.97 Å². The Hall–Kier alpha value is -2.27. The van der Waals surface area contributed by atoms with Gasteiger partial charge in [0.2, 0.25) is 0 Å². The Labute approximate surface area is 127 Å². The number of aryl methyl sites for hydroxylation is 1. The Balaban J connectivity index is 1.96. The van der Waals surface area contributed by atoms with Crippen molar-refractivity contribution in [3.8, 4) is 17.2 Å². The van der Waals surface area contributed by atoms with E-state index in [2.05, 4.69) is 27.1 Å². The van der Waals surface area contributed by atoms with Gasteiger partial charge in [-0.3, -0.25) is 0 Å². The molecule has 0 atom stereocenters. The van der Waals surface area contributed by atoms with Crippen LogP contribution in [-0.4, -0.2) is 25.0 Å². The highest BCUT2D eigenvalue weighted by Gasteiger charge is 2.10. The van der Waals surface area contributed by atoms with Crippen LogP contribution in [-0.2, 0) is 6.42 Å². The molecule has 0 aliphatic rings. The molecule has 0 amide bonds. The minimum Gasteiger partial charge on any atom is -0.232 e. The monoisotopic (exact) mass is 299 g/mol. The number of rotatable bonds is 4. The molecule has 1 aromatic carbocycles. The second-order valence-electron chi connectivity index (χ2n) is 4.61. The van der Waals surface area contributed by atoms with E-state index in [0.29, 0.717) is 16.7 Å². The van der Waals surface area contributed by atoms with Gasteiger partial charge in [0.15, 0.2) is 11.5 Å². The second kappa shape index (κ2) is 6.01. The lowest BCUT2D eigenvalue weighted by molar-refractivity contribution is 0.752. The van der Waals surface area contributed by atoms with Gasteiger partial charge >= 0.3 is 0 Å². The highest BCUT2D eigenvalue weighted by Crippen LogP contribution is 2.17. The number of halogens is 1. The van der Waals surface area contributed by atoms with Crippen molar-refractivity contribution in [2.24, 2.45) is 0 Å². The molecule has 3 rings (SSSR count). The first kappa shape index (κ1) is 13.7. The zero-order chi connectivity index (χ0) is 14.7. The van der Waals surface area contributed by atoms with Gasteiger partial charge in [-0.05, 0) is 24.6 Å². The molecule has 21 heavy (non-hydrogen) atoms. The minimum atomic E-state index is 0.428. The lowest BCUT2D eigenvalue weighted by atomic mass is 10.2. The third-order valence-corrected chi connectivity index (χ3v) is 3.16. The van der Waals surface area contributed by atoms with Crippen LogP contribution < -0.4 is 0 Å². The highest BCUT2D eigenvalue weighted by atomic mass is 35.5. The molecule has 3 aromatic rings. The molecule has 0 aliphatic carbocycles. The summed E-state index contributed by atoms with van der Waals surface area (Å²) in [6.45, 7) is 2.10. The Morgan fingerprint density at radius 3 is 2.71 bits per heavy atom. The van der Waals surface area contributed by atoms with E-state index < -0.39 is 0 Å². The van der Waals surface area contributed by atoms with E-state index in [4.69, 9.17) is 11.6 Å². The van der Waals surface area contributed by atoms with Crippen LogP contribution in [0.1, 0.15) is 19.0 Å². The highest BCUT2D eigenvalue weighted by molar-refractivity contribution is 6.29. The van der Waals surface area contributed by atoms with Crippen LogP contribution in [0.3, 0.4) is 0 Å². The maximum absolute atomic E-state index is 6.05. The number of hydrogen-bond donors (Lipinski definition) is 0. The Morgan fingerprint density at radius 1 is 1.14 bits per heavy atom. The summed E-state index contributed by atoms with van der Waals surface area (Å²) in [6, 6.07) is 11.5. The molecule has 106 valence electrons. The molecule has 2 heterocycles. The minimum absolute atomic E-state index is 0.428. The SMILES string of the molecule is CCCc1cc(Cl)nc(-c2cnn(-c3ccccc3)n2)n1. The lowest BCUT2D eigenvalue weighted by Gasteiger charge is -2.02. The smallest absolute Gasteiger partial charge is 0.183 e. The average Bonchev–Trinajstić information content (AvgIpc) is 2.98. The van der Waals surface area contributed by atoms with E-state index in [1.807, 2.05) is 30.3 Å². The average molecular weight is 300 g/mol. The summed E-state index contributed by atoms with van der Waals surface area (Å²) in [6.07, 6.45) is 3.51. The lowest BCUT2D eigenvalue weighted by Crippen LogP contribution is -2.00. The van der Waals surface area contributed by atoms with Gasteiger partial charge in [-0.15, -0.1) is 5.10 Å². The van der Waals surface area contributed by atoms with E-state index in [9.17, 15) is 0 Å². The van der Waals surface area contributed by atoms with Crippen molar-refractivity contribution < 1.29 is 0 Å². The molecule has 0 spiro atoms. The van der Waals surface area contributed by atoms with Gasteiger partial charge < -0.3 is 0 Å². The number of benzene rings is 1. The van der Waals surface area contributed by atoms with Crippen LogP contribution in [0.5, 0.6) is 0 Å². The van der Waals surface area contributed by atoms with E-state index in [0.717, 1.165) is 24.2 Å². The normalized spacial score (nSPS) is 10.8. The van der Waals surface area contributed by atoms with Crippen molar-refractivity contribution in [1.82, 2.24) is 25.0 Å². The fourth-order valence-corrected chi connectivity index (χ4v) is 2.22. The summed E-state index contributed by atoms with van der Waals surface area (Å²) in [5.74, 6) is 0.508. The second-order valence-corrected chi connectivity index (χ2v) is 5.00. The molecule has 0 radical (unpaired) electrons. The van der Waals surface area contributed by atoms with E-state index >= 15 is 0 Å².